The summed E-state index contributed by atoms with van der Waals surface area (Å²) >= 11 is 6.25. The Morgan fingerprint density at radius 2 is 1.91 bits per heavy atom. The lowest BCUT2D eigenvalue weighted by atomic mass is 9.87. The summed E-state index contributed by atoms with van der Waals surface area (Å²) in [6, 6.07) is 11.1. The summed E-state index contributed by atoms with van der Waals surface area (Å²) in [5, 5.41) is 11.7. The molecule has 2 atom stereocenters. The molecule has 1 amide bonds. The summed E-state index contributed by atoms with van der Waals surface area (Å²) in [4.78, 5) is 11.7. The first-order valence-corrected chi connectivity index (χ1v) is 12.7. The molecule has 1 aliphatic heterocycles. The number of nitrogens with two attached hydrogens (primary N) is 1. The average molecular weight is 503 g/mol. The fourth-order valence-electron chi connectivity index (χ4n) is 3.98. The zero-order valence-corrected chi connectivity index (χ0v) is 20.7. The van der Waals surface area contributed by atoms with Crippen LogP contribution < -0.4 is 15.8 Å². The van der Waals surface area contributed by atoms with Crippen LogP contribution in [0.1, 0.15) is 38.8 Å². The van der Waals surface area contributed by atoms with Gasteiger partial charge in [0.05, 0.1) is 22.7 Å². The van der Waals surface area contributed by atoms with Crippen molar-refractivity contribution in [2.45, 2.75) is 49.6 Å². The quantitative estimate of drug-likeness (QED) is 0.474. The van der Waals surface area contributed by atoms with Crippen molar-refractivity contribution in [3.63, 3.8) is 0 Å². The first-order chi connectivity index (χ1) is 16.0. The van der Waals surface area contributed by atoms with E-state index < -0.39 is 22.0 Å². The van der Waals surface area contributed by atoms with Gasteiger partial charge in [0.25, 0.3) is 10.0 Å². The third-order valence-electron chi connectivity index (χ3n) is 5.92. The molecule has 34 heavy (non-hydrogen) atoms. The minimum absolute atomic E-state index is 0.0915. The first kappa shape index (κ1) is 24.2. The van der Waals surface area contributed by atoms with E-state index in [9.17, 15) is 13.2 Å². The molecule has 0 radical (unpaired) electrons. The third kappa shape index (κ3) is 4.94. The Hall–Kier alpha value is -2.95. The topological polar surface area (TPSA) is 132 Å². The van der Waals surface area contributed by atoms with E-state index in [1.807, 2.05) is 12.1 Å². The van der Waals surface area contributed by atoms with Gasteiger partial charge in [0.2, 0.25) is 5.91 Å². The van der Waals surface area contributed by atoms with E-state index in [1.165, 1.54) is 0 Å². The minimum atomic E-state index is -3.88. The summed E-state index contributed by atoms with van der Waals surface area (Å²) in [7, 11) is -3.88. The SMILES string of the molecule is CC(C)(C)c1ccc(S(=O)(=O)Nc2ccc(Cl)cc2-c2nncn2[C@@H]2CNC(C(N)=O)C2)cc1. The number of nitrogens with one attached hydrogen (secondary N) is 2. The number of primary amides is 1. The predicted octanol–water partition coefficient (Wildman–Crippen LogP) is 3.09. The zero-order valence-electron chi connectivity index (χ0n) is 19.1. The van der Waals surface area contributed by atoms with Gasteiger partial charge < -0.3 is 15.6 Å². The molecule has 1 unspecified atom stereocenters. The number of carbonyl (C=O) groups is 1. The number of nitrogens with zero attached hydrogens (tertiary/aromatic N) is 3. The molecule has 0 bridgehead atoms. The molecule has 9 nitrogen and oxygen atoms in total. The Kier molecular flexibility index (Phi) is 6.41. The van der Waals surface area contributed by atoms with Gasteiger partial charge in [-0.15, -0.1) is 10.2 Å². The largest absolute Gasteiger partial charge is 0.368 e. The smallest absolute Gasteiger partial charge is 0.261 e. The second-order valence-electron chi connectivity index (χ2n) is 9.38. The number of hydrogen-bond acceptors (Lipinski definition) is 6. The predicted molar refractivity (Wildman–Crippen MR) is 131 cm³/mol. The standard InChI is InChI=1S/C23H27ClN6O3S/c1-23(2,3)14-4-7-17(8-5-14)34(32,33)29-19-9-6-15(24)10-18(19)22-28-27-13-30(22)16-11-20(21(25)31)26-12-16/h4-10,13,16,20,26,29H,11-12H2,1-3H3,(H2,25,31)/t16-,20?/m0/s1. The van der Waals surface area contributed by atoms with Gasteiger partial charge in [-0.1, -0.05) is 44.5 Å². The molecule has 3 aromatic rings. The monoisotopic (exact) mass is 502 g/mol. The number of amides is 1. The van der Waals surface area contributed by atoms with E-state index in [1.54, 1.807) is 41.2 Å². The lowest BCUT2D eigenvalue weighted by Gasteiger charge is -2.19. The van der Waals surface area contributed by atoms with Crippen molar-refractivity contribution in [3.05, 3.63) is 59.4 Å². The van der Waals surface area contributed by atoms with Crippen LogP contribution in [0.3, 0.4) is 0 Å². The molecule has 1 saturated heterocycles. The van der Waals surface area contributed by atoms with Crippen LogP contribution in [0.4, 0.5) is 5.69 Å². The number of hydrogen-bond donors (Lipinski definition) is 3. The summed E-state index contributed by atoms with van der Waals surface area (Å²) in [5.74, 6) is 0.00556. The van der Waals surface area contributed by atoms with Crippen molar-refractivity contribution in [1.82, 2.24) is 20.1 Å². The minimum Gasteiger partial charge on any atom is -0.368 e. The Labute approximate surface area is 203 Å². The lowest BCUT2D eigenvalue weighted by Crippen LogP contribution is -2.36. The highest BCUT2D eigenvalue weighted by Crippen LogP contribution is 2.34. The molecular weight excluding hydrogens is 476 g/mol. The summed E-state index contributed by atoms with van der Waals surface area (Å²) < 4.78 is 30.8. The van der Waals surface area contributed by atoms with Crippen molar-refractivity contribution in [3.8, 4) is 11.4 Å². The van der Waals surface area contributed by atoms with E-state index in [0.29, 0.717) is 35.1 Å². The Morgan fingerprint density at radius 1 is 1.21 bits per heavy atom. The van der Waals surface area contributed by atoms with Gasteiger partial charge in [0.15, 0.2) is 5.82 Å². The van der Waals surface area contributed by atoms with Crippen LogP contribution in [-0.4, -0.2) is 41.7 Å². The molecule has 11 heteroatoms. The van der Waals surface area contributed by atoms with Gasteiger partial charge in [-0.05, 0) is 47.7 Å². The number of benzene rings is 2. The van der Waals surface area contributed by atoms with Crippen LogP contribution in [-0.2, 0) is 20.2 Å². The number of aromatic nitrogens is 3. The molecule has 4 rings (SSSR count). The van der Waals surface area contributed by atoms with Crippen molar-refractivity contribution < 1.29 is 13.2 Å². The highest BCUT2D eigenvalue weighted by atomic mass is 35.5. The number of sulfonamides is 1. The Balaban J connectivity index is 1.67. The van der Waals surface area contributed by atoms with Crippen LogP contribution >= 0.6 is 11.6 Å². The van der Waals surface area contributed by atoms with E-state index in [4.69, 9.17) is 17.3 Å². The van der Waals surface area contributed by atoms with Crippen molar-refractivity contribution in [1.29, 1.82) is 0 Å². The van der Waals surface area contributed by atoms with E-state index in [-0.39, 0.29) is 16.4 Å². The Bertz CT molecular complexity index is 1320. The molecule has 1 fully saturated rings. The lowest BCUT2D eigenvalue weighted by molar-refractivity contribution is -0.119. The zero-order chi connectivity index (χ0) is 24.7. The highest BCUT2D eigenvalue weighted by Gasteiger charge is 2.31. The molecule has 2 aromatic carbocycles. The molecule has 0 aliphatic carbocycles. The maximum absolute atomic E-state index is 13.2. The van der Waals surface area contributed by atoms with Crippen molar-refractivity contribution >= 4 is 33.2 Å². The molecule has 0 saturated carbocycles. The van der Waals surface area contributed by atoms with Crippen LogP contribution in [0.25, 0.3) is 11.4 Å². The average Bonchev–Trinajstić information content (AvgIpc) is 3.44. The maximum atomic E-state index is 13.2. The third-order valence-corrected chi connectivity index (χ3v) is 7.53. The van der Waals surface area contributed by atoms with Crippen LogP contribution in [0.15, 0.2) is 53.7 Å². The molecule has 180 valence electrons. The molecule has 4 N–H and O–H groups in total. The number of halogens is 1. The van der Waals surface area contributed by atoms with Crippen LogP contribution in [0.2, 0.25) is 5.02 Å². The highest BCUT2D eigenvalue weighted by molar-refractivity contribution is 7.92. The van der Waals surface area contributed by atoms with Gasteiger partial charge in [-0.25, -0.2) is 8.42 Å². The molecule has 1 aromatic heterocycles. The number of carbonyl (C=O) groups excluding carboxylic acids is 1. The fourth-order valence-corrected chi connectivity index (χ4v) is 5.23. The second kappa shape index (κ2) is 9.01. The summed E-state index contributed by atoms with van der Waals surface area (Å²) in [5.41, 5.74) is 7.16. The molecule has 2 heterocycles. The molecular formula is C23H27ClN6O3S. The number of rotatable bonds is 6. The maximum Gasteiger partial charge on any atom is 0.261 e. The van der Waals surface area contributed by atoms with Gasteiger partial charge in [0.1, 0.15) is 6.33 Å². The van der Waals surface area contributed by atoms with Gasteiger partial charge in [-0.2, -0.15) is 0 Å². The van der Waals surface area contributed by atoms with Crippen LogP contribution in [0.5, 0.6) is 0 Å². The normalized spacial score (nSPS) is 18.7. The van der Waals surface area contributed by atoms with E-state index >= 15 is 0 Å². The fraction of sp³-hybridized carbons (Fsp3) is 0.348. The van der Waals surface area contributed by atoms with E-state index in [2.05, 4.69) is 41.0 Å². The van der Waals surface area contributed by atoms with Crippen molar-refractivity contribution in [2.75, 3.05) is 11.3 Å². The van der Waals surface area contributed by atoms with Gasteiger partial charge >= 0.3 is 0 Å². The van der Waals surface area contributed by atoms with Gasteiger partial charge in [0, 0.05) is 17.1 Å². The number of anilines is 1. The summed E-state index contributed by atoms with van der Waals surface area (Å²) in [6.45, 7) is 6.70. The molecule has 1 aliphatic rings. The van der Waals surface area contributed by atoms with Crippen LogP contribution in [0, 0.1) is 0 Å². The first-order valence-electron chi connectivity index (χ1n) is 10.8. The Morgan fingerprint density at radius 3 is 2.53 bits per heavy atom. The molecule has 0 spiro atoms. The van der Waals surface area contributed by atoms with E-state index in [0.717, 1.165) is 5.56 Å². The second-order valence-corrected chi connectivity index (χ2v) is 11.5. The van der Waals surface area contributed by atoms with Crippen molar-refractivity contribution in [2.24, 2.45) is 5.73 Å². The summed E-state index contributed by atoms with van der Waals surface area (Å²) in [6.07, 6.45) is 2.03. The van der Waals surface area contributed by atoms with Gasteiger partial charge in [-0.3, -0.25) is 9.52 Å².